The lowest BCUT2D eigenvalue weighted by atomic mass is 9.95. The molecule has 5 rings (SSSR count). The fourth-order valence-corrected chi connectivity index (χ4v) is 6.15. The average Bonchev–Trinajstić information content (AvgIpc) is 3.32. The molecule has 10 heteroatoms. The summed E-state index contributed by atoms with van der Waals surface area (Å²) in [6.07, 6.45) is 4.13. The number of nitrogens with zero attached hydrogens (tertiary/aromatic N) is 3. The number of halogens is 1. The molecule has 3 amide bonds. The minimum Gasteiger partial charge on any atom is -0.489 e. The summed E-state index contributed by atoms with van der Waals surface area (Å²) in [7, 11) is 0. The molecule has 0 saturated carbocycles. The van der Waals surface area contributed by atoms with Gasteiger partial charge in [0.1, 0.15) is 23.8 Å². The van der Waals surface area contributed by atoms with Crippen molar-refractivity contribution in [2.24, 2.45) is 5.92 Å². The fourth-order valence-electron chi connectivity index (χ4n) is 6.15. The van der Waals surface area contributed by atoms with E-state index < -0.39 is 29.5 Å². The van der Waals surface area contributed by atoms with Crippen LogP contribution in [-0.2, 0) is 27.3 Å². The maximum Gasteiger partial charge on any atom is 0.410 e. The molecule has 3 atom stereocenters. The number of benzene rings is 2. The summed E-state index contributed by atoms with van der Waals surface area (Å²) in [4.78, 5) is 45.4. The van der Waals surface area contributed by atoms with Gasteiger partial charge in [0.15, 0.2) is 0 Å². The van der Waals surface area contributed by atoms with E-state index in [1.165, 1.54) is 17.7 Å². The molecule has 236 valence electrons. The second-order valence-electron chi connectivity index (χ2n) is 13.0. The van der Waals surface area contributed by atoms with Gasteiger partial charge in [-0.05, 0) is 62.9 Å². The van der Waals surface area contributed by atoms with Crippen LogP contribution in [0, 0.1) is 11.7 Å². The third-order valence-corrected chi connectivity index (χ3v) is 8.18. The summed E-state index contributed by atoms with van der Waals surface area (Å²) in [5, 5.41) is 3.19. The van der Waals surface area contributed by atoms with Gasteiger partial charge >= 0.3 is 6.09 Å². The molecule has 2 saturated heterocycles. The smallest absolute Gasteiger partial charge is 0.410 e. The van der Waals surface area contributed by atoms with E-state index in [4.69, 9.17) is 9.47 Å². The van der Waals surface area contributed by atoms with Gasteiger partial charge in [0.05, 0.1) is 5.92 Å². The molecule has 3 aliphatic rings. The summed E-state index contributed by atoms with van der Waals surface area (Å²) in [5.41, 5.74) is 1.19. The number of carbonyl (C=O) groups excluding carboxylic acids is 3. The number of rotatable bonds is 4. The van der Waals surface area contributed by atoms with Crippen LogP contribution in [-0.4, -0.2) is 89.6 Å². The summed E-state index contributed by atoms with van der Waals surface area (Å²) in [5.74, 6) is -0.783. The average molecular weight is 607 g/mol. The molecule has 3 aliphatic heterocycles. The highest BCUT2D eigenvalue weighted by Crippen LogP contribution is 2.25. The van der Waals surface area contributed by atoms with Gasteiger partial charge in [-0.25, -0.2) is 9.18 Å². The van der Waals surface area contributed by atoms with E-state index in [1.807, 2.05) is 45.0 Å². The number of hydrogen-bond donors (Lipinski definition) is 1. The van der Waals surface area contributed by atoms with Gasteiger partial charge in [-0.2, -0.15) is 0 Å². The summed E-state index contributed by atoms with van der Waals surface area (Å²) in [6.45, 7) is 8.96. The SMILES string of the molecule is CC(C)(C)OC(=O)N1CCN(Cc2ccccc2)C[C@@H]1C[C@@H]1Cc2cc(F)cc(c2)OC/C=C\CN2CC(CC2=O)C(=O)N1. The lowest BCUT2D eigenvalue weighted by molar-refractivity contribution is -0.129. The molecule has 9 nitrogen and oxygen atoms in total. The quantitative estimate of drug-likeness (QED) is 0.526. The van der Waals surface area contributed by atoms with Crippen LogP contribution in [0.25, 0.3) is 0 Å². The third-order valence-electron chi connectivity index (χ3n) is 8.18. The van der Waals surface area contributed by atoms with E-state index in [0.29, 0.717) is 56.9 Å². The molecule has 1 N–H and O–H groups in total. The second kappa shape index (κ2) is 13.8. The second-order valence-corrected chi connectivity index (χ2v) is 13.0. The molecular formula is C34H43FN4O5. The highest BCUT2D eigenvalue weighted by Gasteiger charge is 2.38. The Hall–Kier alpha value is -3.92. The molecule has 4 bridgehead atoms. The summed E-state index contributed by atoms with van der Waals surface area (Å²) < 4.78 is 26.3. The van der Waals surface area contributed by atoms with E-state index in [1.54, 1.807) is 21.9 Å². The van der Waals surface area contributed by atoms with Crippen LogP contribution in [0.4, 0.5) is 9.18 Å². The van der Waals surface area contributed by atoms with Crippen molar-refractivity contribution in [3.63, 3.8) is 0 Å². The Bertz CT molecular complexity index is 1360. The third kappa shape index (κ3) is 8.59. The lowest BCUT2D eigenvalue weighted by Crippen LogP contribution is -2.58. The Balaban J connectivity index is 1.42. The highest BCUT2D eigenvalue weighted by molar-refractivity contribution is 5.89. The zero-order chi connectivity index (χ0) is 31.3. The van der Waals surface area contributed by atoms with Crippen molar-refractivity contribution in [1.82, 2.24) is 20.0 Å². The van der Waals surface area contributed by atoms with Crippen LogP contribution < -0.4 is 10.1 Å². The standard InChI is InChI=1S/C34H43FN4O5/c1-34(2,3)44-33(42)39-13-12-37(21-24-9-5-4-6-10-24)23-29(39)20-28-16-25-15-27(35)19-30(17-25)43-14-8-7-11-38-22-26(18-31(38)40)32(41)36-28/h4-10,15,17,19,26,28-29H,11-14,16,18,20-23H2,1-3H3,(H,36,41)/b8-7-/t26?,28-,29-/m0/s1. The van der Waals surface area contributed by atoms with Crippen molar-refractivity contribution in [1.29, 1.82) is 0 Å². The van der Waals surface area contributed by atoms with Crippen molar-refractivity contribution in [2.75, 3.05) is 39.3 Å². The number of ether oxygens (including phenoxy) is 2. The van der Waals surface area contributed by atoms with Crippen molar-refractivity contribution in [3.05, 3.63) is 77.6 Å². The van der Waals surface area contributed by atoms with Crippen LogP contribution in [0.15, 0.2) is 60.7 Å². The number of piperazine rings is 1. The number of nitrogens with one attached hydrogen (secondary N) is 1. The molecule has 0 aromatic heterocycles. The van der Waals surface area contributed by atoms with Crippen molar-refractivity contribution in [2.45, 2.75) is 64.3 Å². The zero-order valence-electron chi connectivity index (χ0n) is 25.8. The maximum absolute atomic E-state index is 14.7. The Kier molecular flexibility index (Phi) is 9.88. The minimum absolute atomic E-state index is 0.0633. The predicted octanol–water partition coefficient (Wildman–Crippen LogP) is 4.16. The van der Waals surface area contributed by atoms with Crippen LogP contribution in [0.3, 0.4) is 0 Å². The van der Waals surface area contributed by atoms with E-state index in [-0.39, 0.29) is 30.9 Å². The molecule has 44 heavy (non-hydrogen) atoms. The Labute approximate surface area is 259 Å². The largest absolute Gasteiger partial charge is 0.489 e. The van der Waals surface area contributed by atoms with Gasteiger partial charge in [0.25, 0.3) is 0 Å². The number of fused-ring (bicyclic) bond motifs is 4. The first-order chi connectivity index (χ1) is 21.0. The molecule has 3 heterocycles. The van der Waals surface area contributed by atoms with Gasteiger partial charge in [0.2, 0.25) is 11.8 Å². The first kappa shape index (κ1) is 31.5. The Morgan fingerprint density at radius 3 is 2.61 bits per heavy atom. The van der Waals surface area contributed by atoms with Gasteiger partial charge in [-0.3, -0.25) is 14.5 Å². The molecule has 1 unspecified atom stereocenters. The number of hydrogen-bond acceptors (Lipinski definition) is 6. The lowest BCUT2D eigenvalue weighted by Gasteiger charge is -2.43. The number of carbonyl (C=O) groups is 3. The molecule has 0 radical (unpaired) electrons. The topological polar surface area (TPSA) is 91.4 Å². The molecule has 2 aromatic carbocycles. The molecule has 2 aromatic rings. The molecule has 0 spiro atoms. The van der Waals surface area contributed by atoms with Crippen LogP contribution >= 0.6 is 0 Å². The van der Waals surface area contributed by atoms with Gasteiger partial charge in [-0.1, -0.05) is 36.4 Å². The Morgan fingerprint density at radius 1 is 1.05 bits per heavy atom. The van der Waals surface area contributed by atoms with Crippen LogP contribution in [0.2, 0.25) is 0 Å². The Morgan fingerprint density at radius 2 is 1.84 bits per heavy atom. The van der Waals surface area contributed by atoms with E-state index in [2.05, 4.69) is 22.3 Å². The zero-order valence-corrected chi connectivity index (χ0v) is 25.8. The first-order valence-electron chi connectivity index (χ1n) is 15.4. The normalized spacial score (nSPS) is 24.1. The van der Waals surface area contributed by atoms with Crippen molar-refractivity contribution >= 4 is 17.9 Å². The minimum atomic E-state index is -0.659. The predicted molar refractivity (Wildman–Crippen MR) is 164 cm³/mol. The van der Waals surface area contributed by atoms with E-state index in [0.717, 1.165) is 6.54 Å². The first-order valence-corrected chi connectivity index (χ1v) is 15.4. The molecular weight excluding hydrogens is 563 g/mol. The van der Waals surface area contributed by atoms with E-state index >= 15 is 0 Å². The maximum atomic E-state index is 14.7. The fraction of sp³-hybridized carbons (Fsp3) is 0.500. The molecule has 0 aliphatic carbocycles. The monoisotopic (exact) mass is 606 g/mol. The van der Waals surface area contributed by atoms with E-state index in [9.17, 15) is 18.8 Å². The van der Waals surface area contributed by atoms with Crippen molar-refractivity contribution < 1.29 is 28.2 Å². The van der Waals surface area contributed by atoms with Gasteiger partial charge < -0.3 is 24.6 Å². The summed E-state index contributed by atoms with van der Waals surface area (Å²) in [6, 6.07) is 14.1. The summed E-state index contributed by atoms with van der Waals surface area (Å²) >= 11 is 0. The molecule has 2 fully saturated rings. The van der Waals surface area contributed by atoms with Crippen LogP contribution in [0.5, 0.6) is 5.75 Å². The van der Waals surface area contributed by atoms with Gasteiger partial charge in [0, 0.05) is 63.8 Å². The number of amides is 3. The highest BCUT2D eigenvalue weighted by atomic mass is 19.1. The van der Waals surface area contributed by atoms with Gasteiger partial charge in [-0.15, -0.1) is 0 Å². The van der Waals surface area contributed by atoms with Crippen molar-refractivity contribution in [3.8, 4) is 5.75 Å². The van der Waals surface area contributed by atoms with Crippen LogP contribution in [0.1, 0.15) is 44.7 Å².